The molecule has 1 atom stereocenters. The Hall–Kier alpha value is -2.47. The molecular weight excluding hydrogens is 294 g/mol. The summed E-state index contributed by atoms with van der Waals surface area (Å²) < 4.78 is 0. The van der Waals surface area contributed by atoms with E-state index in [1.165, 1.54) is 11.6 Å². The lowest BCUT2D eigenvalue weighted by molar-refractivity contribution is -0.141. The summed E-state index contributed by atoms with van der Waals surface area (Å²) in [6.45, 7) is 1.80. The molecule has 1 aromatic carbocycles. The van der Waals surface area contributed by atoms with E-state index in [9.17, 15) is 14.7 Å². The van der Waals surface area contributed by atoms with Crippen molar-refractivity contribution in [2.24, 2.45) is 0 Å². The minimum Gasteiger partial charge on any atom is -0.380 e. The molecule has 1 heterocycles. The summed E-state index contributed by atoms with van der Waals surface area (Å²) in [5.74, 6) is -0.0562. The Morgan fingerprint density at radius 2 is 2.13 bits per heavy atom. The first-order valence-electron chi connectivity index (χ1n) is 7.61. The number of aromatic nitrogens is 2. The summed E-state index contributed by atoms with van der Waals surface area (Å²) in [4.78, 5) is 30.5. The molecule has 0 saturated heterocycles. The number of carbonyl (C=O) groups excluding carboxylic acids is 1. The van der Waals surface area contributed by atoms with Gasteiger partial charge in [0.05, 0.1) is 6.54 Å². The van der Waals surface area contributed by atoms with Crippen LogP contribution in [0.15, 0.2) is 35.1 Å². The van der Waals surface area contributed by atoms with Gasteiger partial charge in [-0.3, -0.25) is 9.59 Å². The molecule has 0 aliphatic heterocycles. The number of hydrogen-bond donors (Lipinski definition) is 3. The first-order valence-corrected chi connectivity index (χ1v) is 7.61. The van der Waals surface area contributed by atoms with Crippen molar-refractivity contribution >= 4 is 5.91 Å². The first kappa shape index (κ1) is 15.4. The van der Waals surface area contributed by atoms with Crippen LogP contribution in [-0.2, 0) is 24.2 Å². The Balaban J connectivity index is 1.70. The average molecular weight is 313 g/mol. The standard InChI is InChI=1S/C17H19N3O3/c1-11-8-15(21)20-14(19-11)10-18-16(22)17(23)7-6-12-4-2-3-5-13(12)9-17/h2-5,8,23H,6-7,9-10H2,1H3,(H,18,22)(H,19,20,21). The van der Waals surface area contributed by atoms with Gasteiger partial charge in [-0.25, -0.2) is 4.98 Å². The molecule has 1 unspecified atom stereocenters. The molecule has 0 fully saturated rings. The number of H-pyrrole nitrogens is 1. The number of aliphatic hydroxyl groups is 1. The number of amides is 1. The number of nitrogens with zero attached hydrogens (tertiary/aromatic N) is 1. The van der Waals surface area contributed by atoms with E-state index >= 15 is 0 Å². The highest BCUT2D eigenvalue weighted by Crippen LogP contribution is 2.28. The number of rotatable bonds is 3. The molecule has 1 aromatic heterocycles. The van der Waals surface area contributed by atoms with Crippen LogP contribution in [0.4, 0.5) is 0 Å². The van der Waals surface area contributed by atoms with E-state index < -0.39 is 11.5 Å². The van der Waals surface area contributed by atoms with Gasteiger partial charge in [-0.05, 0) is 30.9 Å². The van der Waals surface area contributed by atoms with Crippen molar-refractivity contribution in [3.8, 4) is 0 Å². The number of carbonyl (C=O) groups is 1. The average Bonchev–Trinajstić information content (AvgIpc) is 2.51. The molecule has 6 heteroatoms. The van der Waals surface area contributed by atoms with Crippen LogP contribution in [0.1, 0.15) is 29.1 Å². The highest BCUT2D eigenvalue weighted by atomic mass is 16.3. The zero-order valence-corrected chi connectivity index (χ0v) is 12.9. The third-order valence-electron chi connectivity index (χ3n) is 4.17. The van der Waals surface area contributed by atoms with Crippen LogP contribution in [0.5, 0.6) is 0 Å². The molecule has 3 rings (SSSR count). The highest BCUT2D eigenvalue weighted by molar-refractivity contribution is 5.85. The van der Waals surface area contributed by atoms with Crippen LogP contribution in [0.3, 0.4) is 0 Å². The summed E-state index contributed by atoms with van der Waals surface area (Å²) in [6, 6.07) is 9.21. The Bertz CT molecular complexity index is 800. The molecule has 0 radical (unpaired) electrons. The van der Waals surface area contributed by atoms with Crippen molar-refractivity contribution in [3.63, 3.8) is 0 Å². The SMILES string of the molecule is Cc1cc(=O)[nH]c(CNC(=O)C2(O)CCc3ccccc3C2)n1. The van der Waals surface area contributed by atoms with Crippen LogP contribution >= 0.6 is 0 Å². The predicted molar refractivity (Wildman–Crippen MR) is 84.9 cm³/mol. The van der Waals surface area contributed by atoms with Crippen LogP contribution < -0.4 is 10.9 Å². The Morgan fingerprint density at radius 1 is 1.39 bits per heavy atom. The largest absolute Gasteiger partial charge is 0.380 e. The van der Waals surface area contributed by atoms with Gasteiger partial charge in [0.15, 0.2) is 0 Å². The molecule has 23 heavy (non-hydrogen) atoms. The van der Waals surface area contributed by atoms with Gasteiger partial charge in [0.1, 0.15) is 11.4 Å². The summed E-state index contributed by atoms with van der Waals surface area (Å²) in [7, 11) is 0. The second kappa shape index (κ2) is 5.96. The minimum atomic E-state index is -1.42. The van der Waals surface area contributed by atoms with Gasteiger partial charge in [0, 0.05) is 18.2 Å². The summed E-state index contributed by atoms with van der Waals surface area (Å²) >= 11 is 0. The maximum Gasteiger partial charge on any atom is 0.252 e. The molecule has 0 bridgehead atoms. The van der Waals surface area contributed by atoms with Crippen molar-refractivity contribution in [2.45, 2.75) is 38.3 Å². The molecule has 1 amide bonds. The van der Waals surface area contributed by atoms with E-state index in [1.807, 2.05) is 24.3 Å². The molecule has 2 aromatic rings. The van der Waals surface area contributed by atoms with Gasteiger partial charge in [-0.2, -0.15) is 0 Å². The Labute approximate surface area is 133 Å². The minimum absolute atomic E-state index is 0.0830. The van der Waals surface area contributed by atoms with Crippen LogP contribution in [0, 0.1) is 6.92 Å². The molecule has 0 spiro atoms. The van der Waals surface area contributed by atoms with Crippen molar-refractivity contribution in [1.29, 1.82) is 0 Å². The van der Waals surface area contributed by atoms with Crippen molar-refractivity contribution in [3.05, 3.63) is 63.3 Å². The Kier molecular flexibility index (Phi) is 4.00. The van der Waals surface area contributed by atoms with Crippen LogP contribution in [0.25, 0.3) is 0 Å². The van der Waals surface area contributed by atoms with Gasteiger partial charge in [0.25, 0.3) is 11.5 Å². The number of aromatic amines is 1. The van der Waals surface area contributed by atoms with Crippen molar-refractivity contribution in [2.75, 3.05) is 0 Å². The number of hydrogen-bond acceptors (Lipinski definition) is 4. The molecule has 1 aliphatic rings. The number of benzene rings is 1. The van der Waals surface area contributed by atoms with Gasteiger partial charge < -0.3 is 15.4 Å². The summed E-state index contributed by atoms with van der Waals surface area (Å²) in [5.41, 5.74) is 1.09. The van der Waals surface area contributed by atoms with E-state index in [4.69, 9.17) is 0 Å². The molecule has 0 saturated carbocycles. The van der Waals surface area contributed by atoms with Gasteiger partial charge >= 0.3 is 0 Å². The maximum atomic E-state index is 12.4. The maximum absolute atomic E-state index is 12.4. The fourth-order valence-corrected chi connectivity index (χ4v) is 2.97. The first-order chi connectivity index (χ1) is 11.0. The summed E-state index contributed by atoms with van der Waals surface area (Å²) in [6.07, 6.45) is 1.35. The zero-order valence-electron chi connectivity index (χ0n) is 12.9. The number of nitrogens with one attached hydrogen (secondary N) is 2. The zero-order chi connectivity index (χ0) is 16.4. The van der Waals surface area contributed by atoms with E-state index in [1.54, 1.807) is 6.92 Å². The molecule has 120 valence electrons. The van der Waals surface area contributed by atoms with E-state index in [0.29, 0.717) is 30.8 Å². The fourth-order valence-electron chi connectivity index (χ4n) is 2.97. The monoisotopic (exact) mass is 313 g/mol. The van der Waals surface area contributed by atoms with Gasteiger partial charge in [0.2, 0.25) is 0 Å². The van der Waals surface area contributed by atoms with Crippen LogP contribution in [-0.4, -0.2) is 26.6 Å². The van der Waals surface area contributed by atoms with Crippen molar-refractivity contribution in [1.82, 2.24) is 15.3 Å². The van der Waals surface area contributed by atoms with Gasteiger partial charge in [-0.1, -0.05) is 24.3 Å². The highest BCUT2D eigenvalue weighted by Gasteiger charge is 2.38. The van der Waals surface area contributed by atoms with Gasteiger partial charge in [-0.15, -0.1) is 0 Å². The van der Waals surface area contributed by atoms with E-state index in [-0.39, 0.29) is 12.1 Å². The number of fused-ring (bicyclic) bond motifs is 1. The lowest BCUT2D eigenvalue weighted by atomic mass is 9.80. The lowest BCUT2D eigenvalue weighted by Crippen LogP contribution is -2.50. The Morgan fingerprint density at radius 3 is 2.87 bits per heavy atom. The third kappa shape index (κ3) is 3.32. The third-order valence-corrected chi connectivity index (χ3v) is 4.17. The molecule has 3 N–H and O–H groups in total. The predicted octanol–water partition coefficient (Wildman–Crippen LogP) is 0.615. The summed E-state index contributed by atoms with van der Waals surface area (Å²) in [5, 5.41) is 13.3. The topological polar surface area (TPSA) is 95.1 Å². The second-order valence-electron chi connectivity index (χ2n) is 5.99. The van der Waals surface area contributed by atoms with Crippen LogP contribution in [0.2, 0.25) is 0 Å². The molecular formula is C17H19N3O3. The quantitative estimate of drug-likeness (QED) is 0.774. The second-order valence-corrected chi connectivity index (χ2v) is 5.99. The number of aryl methyl sites for hydroxylation is 2. The van der Waals surface area contributed by atoms with Crippen molar-refractivity contribution < 1.29 is 9.90 Å². The normalized spacial score (nSPS) is 19.9. The fraction of sp³-hybridized carbons (Fsp3) is 0.353. The molecule has 6 nitrogen and oxygen atoms in total. The van der Waals surface area contributed by atoms with E-state index in [2.05, 4.69) is 15.3 Å². The molecule has 1 aliphatic carbocycles. The smallest absolute Gasteiger partial charge is 0.252 e. The lowest BCUT2D eigenvalue weighted by Gasteiger charge is -2.32. The van der Waals surface area contributed by atoms with E-state index in [0.717, 1.165) is 5.56 Å².